The van der Waals surface area contributed by atoms with Crippen LogP contribution in [0.4, 0.5) is 11.4 Å². The van der Waals surface area contributed by atoms with Gasteiger partial charge in [0, 0.05) is 36.5 Å². The fourth-order valence-electron chi connectivity index (χ4n) is 4.56. The summed E-state index contributed by atoms with van der Waals surface area (Å²) in [5, 5.41) is 11.1. The first-order valence-electron chi connectivity index (χ1n) is 11.7. The molecule has 2 aromatic rings. The minimum atomic E-state index is -1.50. The number of anilines is 1. The molecule has 2 aromatic carbocycles. The number of para-hydroxylation sites is 1. The summed E-state index contributed by atoms with van der Waals surface area (Å²) in [5.41, 5.74) is 1.43. The monoisotopic (exact) mass is 483 g/mol. The predicted molar refractivity (Wildman–Crippen MR) is 131 cm³/mol. The van der Waals surface area contributed by atoms with Crippen molar-refractivity contribution in [2.75, 3.05) is 37.7 Å². The summed E-state index contributed by atoms with van der Waals surface area (Å²) in [5.74, 6) is -0.883. The number of rotatable bonds is 8. The second-order valence-corrected chi connectivity index (χ2v) is 9.92. The Morgan fingerprint density at radius 2 is 1.79 bits per heavy atom. The fourth-order valence-corrected chi connectivity index (χ4v) is 5.94. The van der Waals surface area contributed by atoms with Gasteiger partial charge in [-0.1, -0.05) is 42.4 Å². The van der Waals surface area contributed by atoms with Crippen molar-refractivity contribution < 1.29 is 19.2 Å². The molecule has 0 bridgehead atoms. The SMILES string of the molecule is CCOC(=O)C1(Cc2ccc([N+](=O)[O-])cc2)Sc2ccccc2N(CCN2CCCCC2)C1=O. The van der Waals surface area contributed by atoms with Crippen LogP contribution in [0.2, 0.25) is 0 Å². The van der Waals surface area contributed by atoms with Gasteiger partial charge in [-0.25, -0.2) is 4.79 Å². The smallest absolute Gasteiger partial charge is 0.332 e. The standard InChI is InChI=1S/C25H29N3O5S/c1-2-33-24(30)25(18-19-10-12-20(13-11-19)28(31)32)23(29)27(17-16-26-14-6-3-7-15-26)21-8-4-5-9-22(21)34-25/h4-5,8-13H,2-3,6-7,14-18H2,1H3. The van der Waals surface area contributed by atoms with Crippen molar-refractivity contribution in [3.63, 3.8) is 0 Å². The van der Waals surface area contributed by atoms with E-state index in [1.54, 1.807) is 24.0 Å². The molecule has 180 valence electrons. The number of benzene rings is 2. The van der Waals surface area contributed by atoms with Gasteiger partial charge in [0.1, 0.15) is 0 Å². The van der Waals surface area contributed by atoms with Crippen LogP contribution in [-0.4, -0.2) is 59.2 Å². The maximum absolute atomic E-state index is 14.1. The molecule has 2 heterocycles. The van der Waals surface area contributed by atoms with Crippen molar-refractivity contribution in [1.29, 1.82) is 0 Å². The molecule has 1 amide bonds. The second-order valence-electron chi connectivity index (χ2n) is 8.58. The number of nitro benzene ring substituents is 1. The van der Waals surface area contributed by atoms with Gasteiger partial charge in [0.2, 0.25) is 4.75 Å². The molecule has 1 unspecified atom stereocenters. The molecule has 2 aliphatic rings. The molecule has 0 spiro atoms. The molecule has 8 nitrogen and oxygen atoms in total. The van der Waals surface area contributed by atoms with Crippen LogP contribution in [0.15, 0.2) is 53.4 Å². The third-order valence-corrected chi connectivity index (χ3v) is 7.72. The first-order chi connectivity index (χ1) is 16.4. The van der Waals surface area contributed by atoms with E-state index in [0.717, 1.165) is 43.1 Å². The Hall–Kier alpha value is -2.91. The van der Waals surface area contributed by atoms with E-state index in [1.807, 2.05) is 24.3 Å². The third kappa shape index (κ3) is 4.95. The molecule has 2 aliphatic heterocycles. The van der Waals surface area contributed by atoms with E-state index in [1.165, 1.54) is 30.3 Å². The van der Waals surface area contributed by atoms with E-state index in [9.17, 15) is 19.7 Å². The number of carbonyl (C=O) groups is 2. The van der Waals surface area contributed by atoms with E-state index in [2.05, 4.69) is 4.90 Å². The third-order valence-electron chi connectivity index (χ3n) is 6.32. The van der Waals surface area contributed by atoms with Crippen molar-refractivity contribution >= 4 is 35.0 Å². The summed E-state index contributed by atoms with van der Waals surface area (Å²) in [6, 6.07) is 13.6. The van der Waals surface area contributed by atoms with E-state index in [0.29, 0.717) is 12.1 Å². The molecular formula is C25H29N3O5S. The first kappa shape index (κ1) is 24.2. The Labute approximate surface area is 203 Å². The molecule has 1 fully saturated rings. The van der Waals surface area contributed by atoms with Gasteiger partial charge in [0.05, 0.1) is 17.2 Å². The zero-order chi connectivity index (χ0) is 24.1. The zero-order valence-electron chi connectivity index (χ0n) is 19.3. The van der Waals surface area contributed by atoms with Crippen LogP contribution >= 0.6 is 11.8 Å². The van der Waals surface area contributed by atoms with Gasteiger partial charge >= 0.3 is 5.97 Å². The maximum atomic E-state index is 14.1. The number of esters is 1. The number of ether oxygens (including phenoxy) is 1. The van der Waals surface area contributed by atoms with Gasteiger partial charge in [0.25, 0.3) is 11.6 Å². The Kier molecular flexibility index (Phi) is 7.53. The average Bonchev–Trinajstić information content (AvgIpc) is 2.85. The molecule has 0 radical (unpaired) electrons. The van der Waals surface area contributed by atoms with Crippen LogP contribution in [-0.2, 0) is 20.7 Å². The highest BCUT2D eigenvalue weighted by atomic mass is 32.2. The molecule has 1 saturated heterocycles. The molecular weight excluding hydrogens is 454 g/mol. The van der Waals surface area contributed by atoms with Gasteiger partial charge in [-0.2, -0.15) is 0 Å². The van der Waals surface area contributed by atoms with Crippen LogP contribution in [0, 0.1) is 10.1 Å². The lowest BCUT2D eigenvalue weighted by Crippen LogP contribution is -2.57. The highest BCUT2D eigenvalue weighted by Gasteiger charge is 2.54. The van der Waals surface area contributed by atoms with Crippen molar-refractivity contribution in [3.05, 3.63) is 64.2 Å². The minimum Gasteiger partial charge on any atom is -0.465 e. The van der Waals surface area contributed by atoms with Crippen molar-refractivity contribution in [2.45, 2.75) is 42.2 Å². The van der Waals surface area contributed by atoms with Gasteiger partial charge in [-0.15, -0.1) is 0 Å². The number of thioether (sulfide) groups is 1. The van der Waals surface area contributed by atoms with Gasteiger partial charge < -0.3 is 14.5 Å². The number of piperidine rings is 1. The number of hydrogen-bond acceptors (Lipinski definition) is 7. The lowest BCUT2D eigenvalue weighted by Gasteiger charge is -2.41. The molecule has 0 aromatic heterocycles. The van der Waals surface area contributed by atoms with Gasteiger partial charge in [-0.05, 0) is 50.6 Å². The molecule has 4 rings (SSSR count). The Morgan fingerprint density at radius 1 is 1.09 bits per heavy atom. The fraction of sp³-hybridized carbons (Fsp3) is 0.440. The molecule has 1 atom stereocenters. The Bertz CT molecular complexity index is 1050. The van der Waals surface area contributed by atoms with Gasteiger partial charge in [-0.3, -0.25) is 14.9 Å². The number of likely N-dealkylation sites (tertiary alicyclic amines) is 1. The number of nitrogens with zero attached hydrogens (tertiary/aromatic N) is 3. The van der Waals surface area contributed by atoms with E-state index >= 15 is 0 Å². The quantitative estimate of drug-likeness (QED) is 0.242. The second kappa shape index (κ2) is 10.6. The van der Waals surface area contributed by atoms with E-state index in [4.69, 9.17) is 4.74 Å². The average molecular weight is 484 g/mol. The maximum Gasteiger partial charge on any atom is 0.332 e. The van der Waals surface area contributed by atoms with Crippen molar-refractivity contribution in [1.82, 2.24) is 4.90 Å². The summed E-state index contributed by atoms with van der Waals surface area (Å²) in [7, 11) is 0. The van der Waals surface area contributed by atoms with Crippen LogP contribution in [0.3, 0.4) is 0 Å². The van der Waals surface area contributed by atoms with Crippen LogP contribution in [0.1, 0.15) is 31.7 Å². The van der Waals surface area contributed by atoms with Crippen molar-refractivity contribution in [2.24, 2.45) is 0 Å². The topological polar surface area (TPSA) is 93.0 Å². The summed E-state index contributed by atoms with van der Waals surface area (Å²) >= 11 is 1.22. The summed E-state index contributed by atoms with van der Waals surface area (Å²) < 4.78 is 3.92. The molecule has 0 N–H and O–H groups in total. The molecule has 34 heavy (non-hydrogen) atoms. The highest BCUT2D eigenvalue weighted by Crippen LogP contribution is 2.47. The van der Waals surface area contributed by atoms with Crippen LogP contribution in [0.25, 0.3) is 0 Å². The Morgan fingerprint density at radius 3 is 2.47 bits per heavy atom. The number of hydrogen-bond donors (Lipinski definition) is 0. The summed E-state index contributed by atoms with van der Waals surface area (Å²) in [4.78, 5) is 42.9. The predicted octanol–water partition coefficient (Wildman–Crippen LogP) is 4.06. The van der Waals surface area contributed by atoms with E-state index < -0.39 is 15.6 Å². The summed E-state index contributed by atoms with van der Waals surface area (Å²) in [6.45, 7) is 5.13. The largest absolute Gasteiger partial charge is 0.465 e. The number of non-ortho nitro benzene ring substituents is 1. The summed E-state index contributed by atoms with van der Waals surface area (Å²) in [6.07, 6.45) is 3.64. The van der Waals surface area contributed by atoms with Crippen molar-refractivity contribution in [3.8, 4) is 0 Å². The molecule has 9 heteroatoms. The number of carbonyl (C=O) groups excluding carboxylic acids is 2. The lowest BCUT2D eigenvalue weighted by atomic mass is 9.95. The zero-order valence-corrected chi connectivity index (χ0v) is 20.1. The van der Waals surface area contributed by atoms with Gasteiger partial charge in [0.15, 0.2) is 0 Å². The molecule has 0 saturated carbocycles. The molecule has 0 aliphatic carbocycles. The Balaban J connectivity index is 1.68. The first-order valence-corrected chi connectivity index (χ1v) is 12.5. The van der Waals surface area contributed by atoms with Crippen LogP contribution in [0.5, 0.6) is 0 Å². The number of amides is 1. The number of fused-ring (bicyclic) bond motifs is 1. The number of nitro groups is 1. The van der Waals surface area contributed by atoms with Crippen LogP contribution < -0.4 is 4.90 Å². The lowest BCUT2D eigenvalue weighted by molar-refractivity contribution is -0.384. The highest BCUT2D eigenvalue weighted by molar-refractivity contribution is 8.02. The minimum absolute atomic E-state index is 0.0370. The van der Waals surface area contributed by atoms with E-state index in [-0.39, 0.29) is 24.6 Å². The normalized spacial score (nSPS) is 20.6.